The third kappa shape index (κ3) is 4.83. The Morgan fingerprint density at radius 2 is 1.93 bits per heavy atom. The summed E-state index contributed by atoms with van der Waals surface area (Å²) in [6.07, 6.45) is 1.69. The van der Waals surface area contributed by atoms with Gasteiger partial charge >= 0.3 is 0 Å². The first kappa shape index (κ1) is 21.0. The zero-order valence-electron chi connectivity index (χ0n) is 17.9. The van der Waals surface area contributed by atoms with Gasteiger partial charge in [0.05, 0.1) is 5.52 Å². The van der Waals surface area contributed by atoms with Gasteiger partial charge in [0, 0.05) is 31.1 Å². The average Bonchev–Trinajstić information content (AvgIpc) is 2.67. The molecule has 0 aliphatic rings. The molecule has 0 unspecified atom stereocenters. The molecule has 0 aliphatic carbocycles. The molecule has 4 heteroatoms. The van der Waals surface area contributed by atoms with Crippen LogP contribution in [-0.2, 0) is 24.2 Å². The summed E-state index contributed by atoms with van der Waals surface area (Å²) in [4.78, 5) is 16.2. The van der Waals surface area contributed by atoms with Crippen LogP contribution in [0.5, 0.6) is 0 Å². The van der Waals surface area contributed by atoms with Crippen molar-refractivity contribution in [1.29, 1.82) is 0 Å². The Morgan fingerprint density at radius 1 is 1.17 bits per heavy atom. The molecule has 29 heavy (non-hydrogen) atoms. The first-order chi connectivity index (χ1) is 13.9. The molecule has 0 atom stereocenters. The molecular weight excluding hydrogens is 358 g/mol. The van der Waals surface area contributed by atoms with Crippen LogP contribution in [0.2, 0.25) is 0 Å². The van der Waals surface area contributed by atoms with E-state index in [2.05, 4.69) is 68.6 Å². The quantitative estimate of drug-likeness (QED) is 0.623. The Hall–Kier alpha value is -2.72. The van der Waals surface area contributed by atoms with Crippen LogP contribution in [0.15, 0.2) is 42.5 Å². The maximum atomic E-state index is 11.2. The van der Waals surface area contributed by atoms with Crippen LogP contribution in [0, 0.1) is 12.8 Å². The number of fused-ring (bicyclic) bond motifs is 1. The van der Waals surface area contributed by atoms with Crippen LogP contribution in [-0.4, -0.2) is 17.4 Å². The van der Waals surface area contributed by atoms with E-state index in [9.17, 15) is 4.79 Å². The van der Waals surface area contributed by atoms with Crippen molar-refractivity contribution in [2.24, 2.45) is 11.7 Å². The molecule has 0 saturated carbocycles. The number of aryl methyl sites for hydroxylation is 1. The van der Waals surface area contributed by atoms with Crippen molar-refractivity contribution in [1.82, 2.24) is 10.3 Å². The molecule has 1 aromatic heterocycles. The summed E-state index contributed by atoms with van der Waals surface area (Å²) in [6.45, 7) is 9.21. The third-order valence-electron chi connectivity index (χ3n) is 5.24. The summed E-state index contributed by atoms with van der Waals surface area (Å²) in [6, 6.07) is 14.9. The van der Waals surface area contributed by atoms with Gasteiger partial charge in [0.25, 0.3) is 0 Å². The third-order valence-corrected chi connectivity index (χ3v) is 5.24. The van der Waals surface area contributed by atoms with Gasteiger partial charge in [-0.15, -0.1) is 0 Å². The lowest BCUT2D eigenvalue weighted by molar-refractivity contribution is -0.118. The summed E-state index contributed by atoms with van der Waals surface area (Å²) in [7, 11) is 0. The van der Waals surface area contributed by atoms with E-state index in [4.69, 9.17) is 10.7 Å². The number of carbonyl (C=O) groups is 1. The predicted molar refractivity (Wildman–Crippen MR) is 121 cm³/mol. The van der Waals surface area contributed by atoms with Crippen molar-refractivity contribution in [3.05, 3.63) is 64.8 Å². The smallest absolute Gasteiger partial charge is 0.216 e. The maximum absolute atomic E-state index is 11.2. The SMILES string of the molecule is CC(=O)NCCc1ccc2nc(CC(C)C)c(CN)c(-c3ccccc3C)c2c1. The van der Waals surface area contributed by atoms with Crippen LogP contribution in [0.3, 0.4) is 0 Å². The lowest BCUT2D eigenvalue weighted by Gasteiger charge is -2.19. The van der Waals surface area contributed by atoms with Gasteiger partial charge in [-0.2, -0.15) is 0 Å². The van der Waals surface area contributed by atoms with Gasteiger partial charge in [0.1, 0.15) is 0 Å². The Labute approximate surface area is 173 Å². The number of nitrogens with one attached hydrogen (secondary N) is 1. The van der Waals surface area contributed by atoms with Crippen LogP contribution in [0.4, 0.5) is 0 Å². The number of amides is 1. The number of aromatic nitrogens is 1. The predicted octanol–water partition coefficient (Wildman–Crippen LogP) is 4.55. The fourth-order valence-corrected chi connectivity index (χ4v) is 3.88. The Morgan fingerprint density at radius 3 is 2.59 bits per heavy atom. The highest BCUT2D eigenvalue weighted by Gasteiger charge is 2.18. The number of nitrogens with zero attached hydrogens (tertiary/aromatic N) is 1. The first-order valence-corrected chi connectivity index (χ1v) is 10.4. The summed E-state index contributed by atoms with van der Waals surface area (Å²) in [5, 5.41) is 4.01. The molecule has 2 aromatic carbocycles. The Kier molecular flexibility index (Phi) is 6.65. The molecule has 3 aromatic rings. The molecule has 1 amide bonds. The zero-order chi connectivity index (χ0) is 21.0. The largest absolute Gasteiger partial charge is 0.356 e. The van der Waals surface area contributed by atoms with E-state index < -0.39 is 0 Å². The number of benzene rings is 2. The molecule has 0 radical (unpaired) electrons. The molecular formula is C25H31N3O. The van der Waals surface area contributed by atoms with E-state index in [1.54, 1.807) is 6.92 Å². The molecule has 0 aliphatic heterocycles. The second-order valence-corrected chi connectivity index (χ2v) is 8.11. The van der Waals surface area contributed by atoms with Crippen molar-refractivity contribution >= 4 is 16.8 Å². The summed E-state index contributed by atoms with van der Waals surface area (Å²) >= 11 is 0. The minimum absolute atomic E-state index is 0.00296. The number of carbonyl (C=O) groups excluding carboxylic acids is 1. The number of hydrogen-bond donors (Lipinski definition) is 2. The highest BCUT2D eigenvalue weighted by molar-refractivity contribution is 5.97. The summed E-state index contributed by atoms with van der Waals surface area (Å²) < 4.78 is 0. The van der Waals surface area contributed by atoms with Gasteiger partial charge in [-0.05, 0) is 65.6 Å². The standard InChI is InChI=1S/C25H31N3O/c1-16(2)13-24-22(15-26)25(20-8-6-5-7-17(20)3)21-14-19(9-10-23(21)28-24)11-12-27-18(4)29/h5-10,14,16H,11-13,15,26H2,1-4H3,(H,27,29). The van der Waals surface area contributed by atoms with Crippen LogP contribution in [0.1, 0.15) is 43.2 Å². The van der Waals surface area contributed by atoms with Crippen molar-refractivity contribution in [2.75, 3.05) is 6.54 Å². The van der Waals surface area contributed by atoms with Crippen molar-refractivity contribution in [3.63, 3.8) is 0 Å². The van der Waals surface area contributed by atoms with E-state index in [-0.39, 0.29) is 5.91 Å². The minimum Gasteiger partial charge on any atom is -0.356 e. The second kappa shape index (κ2) is 9.19. The molecule has 0 fully saturated rings. The molecule has 152 valence electrons. The number of pyridine rings is 1. The maximum Gasteiger partial charge on any atom is 0.216 e. The molecule has 1 heterocycles. The molecule has 4 nitrogen and oxygen atoms in total. The minimum atomic E-state index is -0.00296. The number of hydrogen-bond acceptors (Lipinski definition) is 3. The van der Waals surface area contributed by atoms with Crippen LogP contribution in [0.25, 0.3) is 22.0 Å². The van der Waals surface area contributed by atoms with Gasteiger partial charge in [-0.1, -0.05) is 44.2 Å². The fraction of sp³-hybridized carbons (Fsp3) is 0.360. The van der Waals surface area contributed by atoms with Gasteiger partial charge < -0.3 is 11.1 Å². The molecule has 3 rings (SSSR count). The van der Waals surface area contributed by atoms with Gasteiger partial charge in [-0.3, -0.25) is 9.78 Å². The van der Waals surface area contributed by atoms with E-state index in [1.165, 1.54) is 22.3 Å². The fourth-order valence-electron chi connectivity index (χ4n) is 3.88. The average molecular weight is 390 g/mol. The van der Waals surface area contributed by atoms with E-state index in [1.807, 2.05) is 0 Å². The number of nitrogens with two attached hydrogens (primary N) is 1. The van der Waals surface area contributed by atoms with Gasteiger partial charge in [-0.25, -0.2) is 0 Å². The topological polar surface area (TPSA) is 68.0 Å². The lowest BCUT2D eigenvalue weighted by Crippen LogP contribution is -2.22. The zero-order valence-corrected chi connectivity index (χ0v) is 17.9. The Balaban J connectivity index is 2.22. The van der Waals surface area contributed by atoms with Crippen molar-refractivity contribution in [3.8, 4) is 11.1 Å². The molecule has 0 saturated heterocycles. The van der Waals surface area contributed by atoms with E-state index >= 15 is 0 Å². The van der Waals surface area contributed by atoms with Crippen molar-refractivity contribution in [2.45, 2.75) is 47.1 Å². The first-order valence-electron chi connectivity index (χ1n) is 10.4. The molecule has 0 bridgehead atoms. The van der Waals surface area contributed by atoms with E-state index in [0.29, 0.717) is 19.0 Å². The summed E-state index contributed by atoms with van der Waals surface area (Å²) in [5.74, 6) is 0.503. The monoisotopic (exact) mass is 389 g/mol. The van der Waals surface area contributed by atoms with Gasteiger partial charge in [0.15, 0.2) is 0 Å². The normalized spacial score (nSPS) is 11.2. The van der Waals surface area contributed by atoms with E-state index in [0.717, 1.165) is 35.0 Å². The van der Waals surface area contributed by atoms with Crippen LogP contribution < -0.4 is 11.1 Å². The highest BCUT2D eigenvalue weighted by Crippen LogP contribution is 2.36. The van der Waals surface area contributed by atoms with Crippen molar-refractivity contribution < 1.29 is 4.79 Å². The Bertz CT molecular complexity index is 1020. The second-order valence-electron chi connectivity index (χ2n) is 8.11. The number of rotatable bonds is 7. The molecule has 0 spiro atoms. The van der Waals surface area contributed by atoms with Crippen LogP contribution >= 0.6 is 0 Å². The molecule has 3 N–H and O–H groups in total. The summed E-state index contributed by atoms with van der Waals surface area (Å²) in [5.41, 5.74) is 14.3. The van der Waals surface area contributed by atoms with Gasteiger partial charge in [0.2, 0.25) is 5.91 Å². The highest BCUT2D eigenvalue weighted by atomic mass is 16.1. The lowest BCUT2D eigenvalue weighted by atomic mass is 9.89.